The van der Waals surface area contributed by atoms with Crippen molar-refractivity contribution in [1.29, 1.82) is 0 Å². The minimum Gasteiger partial charge on any atom is -0.336 e. The number of hydrogen-bond acceptors (Lipinski definition) is 5. The molecule has 134 valence electrons. The lowest BCUT2D eigenvalue weighted by Gasteiger charge is -2.41. The van der Waals surface area contributed by atoms with Crippen LogP contribution in [0.15, 0.2) is 42.5 Å². The Morgan fingerprint density at radius 3 is 2.00 bits per heavy atom. The second-order valence-electron chi connectivity index (χ2n) is 6.47. The lowest BCUT2D eigenvalue weighted by atomic mass is 9.83. The van der Waals surface area contributed by atoms with Crippen molar-refractivity contribution in [2.24, 2.45) is 0 Å². The van der Waals surface area contributed by atoms with Gasteiger partial charge in [-0.2, -0.15) is 10.6 Å². The molecule has 0 spiro atoms. The molecule has 0 aromatic heterocycles. The van der Waals surface area contributed by atoms with Gasteiger partial charge in [0.05, 0.1) is 11.5 Å². The zero-order valence-corrected chi connectivity index (χ0v) is 14.7. The first-order chi connectivity index (χ1) is 12.4. The van der Waals surface area contributed by atoms with E-state index in [4.69, 9.17) is 0 Å². The van der Waals surface area contributed by atoms with Crippen LogP contribution in [0.5, 0.6) is 0 Å². The molecule has 0 radical (unpaired) electrons. The number of rotatable bonds is 1. The maximum absolute atomic E-state index is 12.7. The lowest BCUT2D eigenvalue weighted by molar-refractivity contribution is 0.0767. The van der Waals surface area contributed by atoms with Gasteiger partial charge in [0.2, 0.25) is 0 Å². The predicted octanol–water partition coefficient (Wildman–Crippen LogP) is 2.67. The molecule has 4 rings (SSSR count). The van der Waals surface area contributed by atoms with Gasteiger partial charge in [0, 0.05) is 40.9 Å². The molecule has 0 bridgehead atoms. The largest absolute Gasteiger partial charge is 0.336 e. The molecule has 2 aliphatic rings. The van der Waals surface area contributed by atoms with Crippen molar-refractivity contribution in [1.82, 2.24) is 4.90 Å². The van der Waals surface area contributed by atoms with E-state index in [2.05, 4.69) is 0 Å². The van der Waals surface area contributed by atoms with Crippen LogP contribution < -0.4 is 0 Å². The highest BCUT2D eigenvalue weighted by Gasteiger charge is 2.31. The molecule has 7 heteroatoms. The van der Waals surface area contributed by atoms with Gasteiger partial charge in [0.25, 0.3) is 5.91 Å². The Morgan fingerprint density at radius 2 is 1.38 bits per heavy atom. The van der Waals surface area contributed by atoms with Crippen molar-refractivity contribution >= 4 is 28.1 Å². The monoisotopic (exact) mass is 371 g/mol. The van der Waals surface area contributed by atoms with E-state index in [1.54, 1.807) is 35.2 Å². The SMILES string of the molecule is O=C1c2ccccc2C(=O)c2cc(C(=O)N3CCS(O)(O)CC3)ccc21. The van der Waals surface area contributed by atoms with Crippen LogP contribution in [0.2, 0.25) is 0 Å². The van der Waals surface area contributed by atoms with Gasteiger partial charge < -0.3 is 4.90 Å². The van der Waals surface area contributed by atoms with Crippen LogP contribution in [0.1, 0.15) is 42.2 Å². The normalized spacial score (nSPS) is 19.5. The van der Waals surface area contributed by atoms with Gasteiger partial charge >= 0.3 is 0 Å². The Kier molecular flexibility index (Phi) is 3.95. The highest BCUT2D eigenvalue weighted by atomic mass is 32.3. The van der Waals surface area contributed by atoms with Gasteiger partial charge in [-0.05, 0) is 18.2 Å². The third-order valence-electron chi connectivity index (χ3n) is 4.84. The Balaban J connectivity index is 1.67. The molecular formula is C19H17NO5S. The fraction of sp³-hybridized carbons (Fsp3) is 0.211. The number of ketones is 2. The summed E-state index contributed by atoms with van der Waals surface area (Å²) in [4.78, 5) is 39.6. The zero-order chi connectivity index (χ0) is 18.5. The van der Waals surface area contributed by atoms with Gasteiger partial charge in [0.15, 0.2) is 11.6 Å². The fourth-order valence-corrected chi connectivity index (χ4v) is 4.57. The number of carbonyl (C=O) groups excluding carboxylic acids is 3. The third-order valence-corrected chi connectivity index (χ3v) is 6.51. The van der Waals surface area contributed by atoms with Gasteiger partial charge in [-0.25, -0.2) is 0 Å². The summed E-state index contributed by atoms with van der Waals surface area (Å²) in [5, 5.41) is 0. The first-order valence-corrected chi connectivity index (χ1v) is 10.1. The molecular weight excluding hydrogens is 354 g/mol. The van der Waals surface area contributed by atoms with E-state index in [9.17, 15) is 23.5 Å². The van der Waals surface area contributed by atoms with Gasteiger partial charge in [0.1, 0.15) is 0 Å². The molecule has 2 aromatic carbocycles. The van der Waals surface area contributed by atoms with Crippen molar-refractivity contribution in [2.75, 3.05) is 24.6 Å². The van der Waals surface area contributed by atoms with E-state index in [0.29, 0.717) is 22.3 Å². The summed E-state index contributed by atoms with van der Waals surface area (Å²) in [7, 11) is -2.59. The van der Waals surface area contributed by atoms with Crippen molar-refractivity contribution in [3.8, 4) is 0 Å². The topological polar surface area (TPSA) is 94.9 Å². The van der Waals surface area contributed by atoms with E-state index in [1.807, 2.05) is 0 Å². The smallest absolute Gasteiger partial charge is 0.253 e. The second-order valence-corrected chi connectivity index (χ2v) is 8.89. The second kappa shape index (κ2) is 6.05. The van der Waals surface area contributed by atoms with Crippen molar-refractivity contribution in [3.05, 3.63) is 70.3 Å². The highest BCUT2D eigenvalue weighted by molar-refractivity contribution is 8.24. The summed E-state index contributed by atoms with van der Waals surface area (Å²) in [6.07, 6.45) is 0. The number of carbonyl (C=O) groups is 3. The van der Waals surface area contributed by atoms with E-state index >= 15 is 0 Å². The first kappa shape index (κ1) is 17.0. The summed E-state index contributed by atoms with van der Waals surface area (Å²) in [5.41, 5.74) is 1.59. The van der Waals surface area contributed by atoms with Crippen LogP contribution in [-0.2, 0) is 0 Å². The van der Waals surface area contributed by atoms with Crippen LogP contribution in [0.4, 0.5) is 0 Å². The van der Waals surface area contributed by atoms with E-state index in [-0.39, 0.29) is 47.6 Å². The van der Waals surface area contributed by atoms with Crippen molar-refractivity contribution < 1.29 is 23.5 Å². The standard InChI is InChI=1S/C19H17NO5S/c21-17-13-3-1-2-4-14(13)18(22)16-11-12(5-6-15(16)17)19(23)20-7-9-26(24,25)10-8-20/h1-6,11,24-25H,7-10H2. The van der Waals surface area contributed by atoms with E-state index < -0.39 is 10.6 Å². The summed E-state index contributed by atoms with van der Waals surface area (Å²) >= 11 is 0. The van der Waals surface area contributed by atoms with E-state index in [0.717, 1.165) is 0 Å². The average molecular weight is 371 g/mol. The molecule has 2 N–H and O–H groups in total. The summed E-state index contributed by atoms with van der Waals surface area (Å²) in [6, 6.07) is 11.2. The Bertz CT molecular complexity index is 943. The third kappa shape index (κ3) is 2.74. The van der Waals surface area contributed by atoms with E-state index in [1.165, 1.54) is 12.1 Å². The molecule has 2 aromatic rings. The first-order valence-electron chi connectivity index (χ1n) is 8.23. The maximum Gasteiger partial charge on any atom is 0.253 e. The van der Waals surface area contributed by atoms with Crippen LogP contribution in [0.3, 0.4) is 0 Å². The van der Waals surface area contributed by atoms with Crippen molar-refractivity contribution in [3.63, 3.8) is 0 Å². The van der Waals surface area contributed by atoms with Gasteiger partial charge in [-0.1, -0.05) is 24.3 Å². The predicted molar refractivity (Wildman–Crippen MR) is 98.2 cm³/mol. The molecule has 1 fully saturated rings. The number of nitrogens with zero attached hydrogens (tertiary/aromatic N) is 1. The minimum absolute atomic E-state index is 0.161. The molecule has 1 heterocycles. The number of amides is 1. The lowest BCUT2D eigenvalue weighted by Crippen LogP contribution is -2.42. The van der Waals surface area contributed by atoms with Crippen LogP contribution in [0, 0.1) is 0 Å². The molecule has 1 saturated heterocycles. The fourth-order valence-electron chi connectivity index (χ4n) is 3.34. The number of fused-ring (bicyclic) bond motifs is 2. The zero-order valence-electron chi connectivity index (χ0n) is 13.8. The average Bonchev–Trinajstić information content (AvgIpc) is 2.65. The minimum atomic E-state index is -2.59. The molecule has 6 nitrogen and oxygen atoms in total. The summed E-state index contributed by atoms with van der Waals surface area (Å²) in [6.45, 7) is 0.516. The molecule has 0 saturated carbocycles. The Hall–Kier alpha value is -2.48. The highest BCUT2D eigenvalue weighted by Crippen LogP contribution is 2.40. The van der Waals surface area contributed by atoms with Gasteiger partial charge in [-0.15, -0.1) is 0 Å². The molecule has 1 amide bonds. The van der Waals surface area contributed by atoms with Gasteiger partial charge in [-0.3, -0.25) is 23.5 Å². The van der Waals surface area contributed by atoms with Crippen molar-refractivity contribution in [2.45, 2.75) is 0 Å². The number of benzene rings is 2. The summed E-state index contributed by atoms with van der Waals surface area (Å²) in [5.74, 6) is -0.441. The molecule has 26 heavy (non-hydrogen) atoms. The Labute approximate surface area is 151 Å². The molecule has 0 unspecified atom stereocenters. The molecule has 1 aliphatic heterocycles. The maximum atomic E-state index is 12.7. The van der Waals surface area contributed by atoms with Crippen LogP contribution in [-0.4, -0.2) is 56.1 Å². The number of hydrogen-bond donors (Lipinski definition) is 2. The summed E-state index contributed by atoms with van der Waals surface area (Å²) < 4.78 is 19.4. The molecule has 0 atom stereocenters. The van der Waals surface area contributed by atoms with Crippen LogP contribution >= 0.6 is 10.6 Å². The Morgan fingerprint density at radius 1 is 0.846 bits per heavy atom. The quantitative estimate of drug-likeness (QED) is 0.686. The van der Waals surface area contributed by atoms with Crippen LogP contribution in [0.25, 0.3) is 0 Å². The molecule has 1 aliphatic carbocycles.